The molecule has 364 valence electrons. The Labute approximate surface area is 406 Å². The molecule has 0 amide bonds. The molecule has 0 aliphatic carbocycles. The highest BCUT2D eigenvalue weighted by Crippen LogP contribution is 2.36. The molecule has 0 saturated carbocycles. The van der Waals surface area contributed by atoms with Crippen molar-refractivity contribution in [2.45, 2.75) is 69.3 Å². The average Bonchev–Trinajstić information content (AvgIpc) is 3.32. The van der Waals surface area contributed by atoms with Crippen molar-refractivity contribution >= 4 is 29.5 Å². The quantitative estimate of drug-likeness (QED) is 0.0812. The highest BCUT2D eigenvalue weighted by molar-refractivity contribution is 7.92. The molecule has 0 fully saturated rings. The van der Waals surface area contributed by atoms with E-state index in [0.29, 0.717) is 0 Å². The van der Waals surface area contributed by atoms with Crippen molar-refractivity contribution in [1.29, 1.82) is 0 Å². The van der Waals surface area contributed by atoms with E-state index < -0.39 is 41.7 Å². The second-order valence-electron chi connectivity index (χ2n) is 15.4. The van der Waals surface area contributed by atoms with Crippen LogP contribution in [0, 0.1) is 0 Å². The number of sulfone groups is 3. The van der Waals surface area contributed by atoms with Crippen molar-refractivity contribution in [1.82, 2.24) is 29.9 Å². The van der Waals surface area contributed by atoms with Crippen molar-refractivity contribution in [3.8, 4) is 70.6 Å². The summed E-state index contributed by atoms with van der Waals surface area (Å²) in [4.78, 5) is 24.3. The van der Waals surface area contributed by atoms with Gasteiger partial charge < -0.3 is 38.6 Å². The lowest BCUT2D eigenvalue weighted by Crippen LogP contribution is -2.10. The highest BCUT2D eigenvalue weighted by atomic mass is 32.2. The van der Waals surface area contributed by atoms with Crippen LogP contribution in [0.25, 0.3) is 0 Å². The zero-order valence-corrected chi connectivity index (χ0v) is 40.2. The zero-order chi connectivity index (χ0) is 50.5. The van der Waals surface area contributed by atoms with Gasteiger partial charge in [0.1, 0.15) is 44.3 Å². The van der Waals surface area contributed by atoms with Gasteiger partial charge >= 0.3 is 36.1 Å². The van der Waals surface area contributed by atoms with Gasteiger partial charge in [0.2, 0.25) is 29.5 Å². The standard InChI is InChI=1S/C48H40N6O14S3/c1-29(2)63-43-49-45(53-47(51-43)67-39-9-5-7-11-41(39)70(59,60)37-21-13-31(55)14-22-37)65-33-17-25-35(26-18-33)69(57,58)36-27-19-34(20-28-36)66-46-50-44(64-30(3)4)52-48(54-46)68-40-10-6-8-12-42(40)71(61,62)38-23-15-32(56)16-24-38/h5-30,55-56H,1-4H3. The monoisotopic (exact) mass is 1020 g/mol. The lowest BCUT2D eigenvalue weighted by atomic mass is 10.3. The molecule has 8 aromatic rings. The minimum absolute atomic E-state index is 0.0949. The predicted molar refractivity (Wildman–Crippen MR) is 250 cm³/mol. The van der Waals surface area contributed by atoms with Gasteiger partial charge in [-0.2, -0.15) is 0 Å². The Morgan fingerprint density at radius 2 is 0.634 bits per heavy atom. The third kappa shape index (κ3) is 11.6. The number of nitrogens with zero attached hydrogens (tertiary/aromatic N) is 6. The number of aromatic nitrogens is 6. The number of hydrogen-bond acceptors (Lipinski definition) is 20. The van der Waals surface area contributed by atoms with Crippen LogP contribution in [0.1, 0.15) is 27.7 Å². The number of ether oxygens (including phenoxy) is 6. The molecule has 0 bridgehead atoms. The summed E-state index contributed by atoms with van der Waals surface area (Å²) in [6.45, 7) is 6.92. The van der Waals surface area contributed by atoms with E-state index in [9.17, 15) is 35.5 Å². The van der Waals surface area contributed by atoms with Gasteiger partial charge in [-0.1, -0.05) is 24.3 Å². The first-order chi connectivity index (χ1) is 33.8. The summed E-state index contributed by atoms with van der Waals surface area (Å²) in [6, 6.07) is 30.5. The van der Waals surface area contributed by atoms with Crippen LogP contribution >= 0.6 is 0 Å². The second-order valence-corrected chi connectivity index (χ2v) is 21.2. The molecule has 8 rings (SSSR count). The van der Waals surface area contributed by atoms with Gasteiger partial charge in [-0.25, -0.2) is 25.3 Å². The molecule has 23 heteroatoms. The van der Waals surface area contributed by atoms with Crippen molar-refractivity contribution in [3.63, 3.8) is 0 Å². The summed E-state index contributed by atoms with van der Waals surface area (Å²) >= 11 is 0. The molecule has 0 spiro atoms. The summed E-state index contributed by atoms with van der Waals surface area (Å²) in [5.74, 6) is -0.249. The minimum atomic E-state index is -4.13. The number of phenols is 2. The van der Waals surface area contributed by atoms with E-state index in [1.165, 1.54) is 133 Å². The average molecular weight is 1020 g/mol. The molecule has 0 radical (unpaired) electrons. The fourth-order valence-electron chi connectivity index (χ4n) is 6.29. The smallest absolute Gasteiger partial charge is 0.331 e. The molecule has 0 aliphatic heterocycles. The third-order valence-electron chi connectivity index (χ3n) is 9.49. The Morgan fingerprint density at radius 1 is 0.352 bits per heavy atom. The second kappa shape index (κ2) is 20.3. The first-order valence-corrected chi connectivity index (χ1v) is 25.6. The summed E-state index contributed by atoms with van der Waals surface area (Å²) in [5.41, 5.74) is 0. The lowest BCUT2D eigenvalue weighted by molar-refractivity contribution is 0.213. The molecule has 2 heterocycles. The number of para-hydroxylation sites is 2. The summed E-state index contributed by atoms with van der Waals surface area (Å²) in [7, 11) is -12.4. The van der Waals surface area contributed by atoms with Gasteiger partial charge in [0.15, 0.2) is 0 Å². The van der Waals surface area contributed by atoms with Crippen LogP contribution in [0.2, 0.25) is 0 Å². The Balaban J connectivity index is 0.985. The zero-order valence-electron chi connectivity index (χ0n) is 37.7. The van der Waals surface area contributed by atoms with Crippen molar-refractivity contribution in [2.24, 2.45) is 0 Å². The summed E-state index contributed by atoms with van der Waals surface area (Å²) in [6.07, 6.45) is -0.801. The van der Waals surface area contributed by atoms with Gasteiger partial charge in [0, 0.05) is 0 Å². The fraction of sp³-hybridized carbons (Fsp3) is 0.125. The number of phenolic OH excluding ortho intramolecular Hbond substituents is 2. The predicted octanol–water partition coefficient (Wildman–Crippen LogP) is 8.71. The largest absolute Gasteiger partial charge is 0.508 e. The van der Waals surface area contributed by atoms with Gasteiger partial charge in [0.25, 0.3) is 0 Å². The van der Waals surface area contributed by atoms with Crippen LogP contribution in [0.4, 0.5) is 0 Å². The Hall–Kier alpha value is -8.41. The van der Waals surface area contributed by atoms with Crippen LogP contribution in [-0.4, -0.2) is 77.6 Å². The van der Waals surface area contributed by atoms with Crippen LogP contribution in [0.5, 0.6) is 70.6 Å². The van der Waals surface area contributed by atoms with E-state index in [1.54, 1.807) is 39.8 Å². The molecule has 2 N–H and O–H groups in total. The maximum Gasteiger partial charge on any atom is 0.331 e. The third-order valence-corrected chi connectivity index (χ3v) is 14.9. The van der Waals surface area contributed by atoms with E-state index in [-0.39, 0.29) is 99.9 Å². The molecule has 0 unspecified atom stereocenters. The normalized spacial score (nSPS) is 11.8. The number of rotatable bonds is 18. The molecule has 71 heavy (non-hydrogen) atoms. The first kappa shape index (κ1) is 49.0. The van der Waals surface area contributed by atoms with Crippen LogP contribution in [0.3, 0.4) is 0 Å². The molecule has 2 aromatic heterocycles. The SMILES string of the molecule is CC(C)Oc1nc(Oc2ccc(S(=O)(=O)c3ccc(Oc4nc(Oc5ccccc5S(=O)(=O)c5ccc(O)cc5)nc(OC(C)C)n4)cc3)cc2)nc(Oc2ccccc2S(=O)(=O)c2ccc(O)cc2)n1. The molecule has 20 nitrogen and oxygen atoms in total. The van der Waals surface area contributed by atoms with Crippen molar-refractivity contribution in [2.75, 3.05) is 0 Å². The van der Waals surface area contributed by atoms with Gasteiger partial charge in [0.05, 0.1) is 31.8 Å². The van der Waals surface area contributed by atoms with Crippen LogP contribution in [0.15, 0.2) is 175 Å². The van der Waals surface area contributed by atoms with Gasteiger partial charge in [-0.15, -0.1) is 29.9 Å². The minimum Gasteiger partial charge on any atom is -0.508 e. The van der Waals surface area contributed by atoms with Gasteiger partial charge in [-0.05, 0) is 149 Å². The van der Waals surface area contributed by atoms with E-state index in [4.69, 9.17) is 28.4 Å². The van der Waals surface area contributed by atoms with Gasteiger partial charge in [-0.3, -0.25) is 0 Å². The van der Waals surface area contributed by atoms with Crippen molar-refractivity contribution < 1.29 is 63.9 Å². The Bertz CT molecular complexity index is 3320. The van der Waals surface area contributed by atoms with Crippen LogP contribution < -0.4 is 28.4 Å². The maximum atomic E-state index is 13.8. The van der Waals surface area contributed by atoms with E-state index in [1.807, 2.05) is 0 Å². The van der Waals surface area contributed by atoms with E-state index in [2.05, 4.69) is 29.9 Å². The fourth-order valence-corrected chi connectivity index (χ4v) is 10.3. The molecule has 6 aromatic carbocycles. The number of benzene rings is 6. The van der Waals surface area contributed by atoms with Crippen molar-refractivity contribution in [3.05, 3.63) is 146 Å². The molecule has 0 atom stereocenters. The molecule has 0 saturated heterocycles. The lowest BCUT2D eigenvalue weighted by Gasteiger charge is -2.13. The highest BCUT2D eigenvalue weighted by Gasteiger charge is 2.26. The molecular formula is C48H40N6O14S3. The van der Waals surface area contributed by atoms with E-state index >= 15 is 0 Å². The maximum absolute atomic E-state index is 13.8. The summed E-state index contributed by atoms with van der Waals surface area (Å²) < 4.78 is 117. The first-order valence-electron chi connectivity index (χ1n) is 21.1. The molecule has 0 aliphatic rings. The summed E-state index contributed by atoms with van der Waals surface area (Å²) in [5, 5.41) is 19.4. The Morgan fingerprint density at radius 3 is 0.972 bits per heavy atom. The topological polar surface area (TPSA) is 276 Å². The number of hydrogen-bond donors (Lipinski definition) is 2. The molecular weight excluding hydrogens is 981 g/mol. The van der Waals surface area contributed by atoms with Crippen LogP contribution in [-0.2, 0) is 29.5 Å². The number of aromatic hydroxyl groups is 2. The van der Waals surface area contributed by atoms with E-state index in [0.717, 1.165) is 0 Å². The Kier molecular flexibility index (Phi) is 14.0.